The van der Waals surface area contributed by atoms with Gasteiger partial charge in [-0.2, -0.15) is 0 Å². The molecule has 0 atom stereocenters. The maximum Gasteiger partial charge on any atom is 0.412 e. The van der Waals surface area contributed by atoms with Crippen LogP contribution in [0.4, 0.5) is 10.5 Å². The fraction of sp³-hybridized carbons (Fsp3) is 0.467. The van der Waals surface area contributed by atoms with E-state index in [1.54, 1.807) is 39.0 Å². The number of esters is 1. The fourth-order valence-electron chi connectivity index (χ4n) is 1.49. The number of anilines is 1. The van der Waals surface area contributed by atoms with Crippen LogP contribution in [0.25, 0.3) is 0 Å². The molecule has 1 aromatic carbocycles. The maximum absolute atomic E-state index is 11.8. The summed E-state index contributed by atoms with van der Waals surface area (Å²) in [6.45, 7) is 7.24. The van der Waals surface area contributed by atoms with Crippen molar-refractivity contribution in [1.82, 2.24) is 0 Å². The van der Waals surface area contributed by atoms with Gasteiger partial charge in [-0.25, -0.2) is 4.79 Å². The van der Waals surface area contributed by atoms with Crippen molar-refractivity contribution in [3.8, 4) is 5.75 Å². The van der Waals surface area contributed by atoms with Gasteiger partial charge < -0.3 is 9.47 Å². The van der Waals surface area contributed by atoms with E-state index >= 15 is 0 Å². The molecule has 0 bridgehead atoms. The van der Waals surface area contributed by atoms with E-state index in [1.165, 1.54) is 0 Å². The zero-order valence-corrected chi connectivity index (χ0v) is 14.8. The number of ether oxygens (including phenoxy) is 2. The highest BCUT2D eigenvalue weighted by molar-refractivity contribution is 14.1. The van der Waals surface area contributed by atoms with Crippen molar-refractivity contribution in [3.05, 3.63) is 21.8 Å². The molecule has 5 nitrogen and oxygen atoms in total. The molecule has 6 heteroatoms. The third-order valence-corrected chi connectivity index (χ3v) is 3.12. The van der Waals surface area contributed by atoms with Gasteiger partial charge in [-0.1, -0.05) is 13.0 Å². The van der Waals surface area contributed by atoms with Crippen molar-refractivity contribution in [2.45, 2.75) is 46.1 Å². The summed E-state index contributed by atoms with van der Waals surface area (Å²) in [5.41, 5.74) is -0.175. The van der Waals surface area contributed by atoms with Crippen LogP contribution in [0.2, 0.25) is 0 Å². The summed E-state index contributed by atoms with van der Waals surface area (Å²) in [4.78, 5) is 23.5. The standard InChI is InChI=1S/C15H20INO4/c1-5-7-12(18)20-13-10(16)8-6-9-11(13)17-14(19)21-15(2,3)4/h6,8-9H,5,7H2,1-4H3,(H,17,19). The molecule has 1 rings (SSSR count). The number of amides is 1. The van der Waals surface area contributed by atoms with Crippen LogP contribution in [0.3, 0.4) is 0 Å². The first-order valence-electron chi connectivity index (χ1n) is 6.72. The number of carbonyl (C=O) groups excluding carboxylic acids is 2. The number of hydrogen-bond acceptors (Lipinski definition) is 4. The molecule has 21 heavy (non-hydrogen) atoms. The van der Waals surface area contributed by atoms with Crippen molar-refractivity contribution in [3.63, 3.8) is 0 Å². The van der Waals surface area contributed by atoms with Crippen molar-refractivity contribution in [1.29, 1.82) is 0 Å². The number of halogens is 1. The molecule has 1 aromatic rings. The molecule has 0 aromatic heterocycles. The van der Waals surface area contributed by atoms with Gasteiger partial charge in [-0.05, 0) is 61.9 Å². The lowest BCUT2D eigenvalue weighted by Crippen LogP contribution is -2.27. The summed E-state index contributed by atoms with van der Waals surface area (Å²) in [5.74, 6) is 0.0243. The minimum atomic E-state index is -0.592. The molecule has 0 heterocycles. The van der Waals surface area contributed by atoms with Crippen LogP contribution < -0.4 is 10.1 Å². The lowest BCUT2D eigenvalue weighted by molar-refractivity contribution is -0.134. The van der Waals surface area contributed by atoms with E-state index in [0.29, 0.717) is 24.3 Å². The Labute approximate surface area is 138 Å². The van der Waals surface area contributed by atoms with Gasteiger partial charge in [-0.3, -0.25) is 10.1 Å². The zero-order valence-electron chi connectivity index (χ0n) is 12.7. The monoisotopic (exact) mass is 405 g/mol. The number of rotatable bonds is 4. The SMILES string of the molecule is CCCC(=O)Oc1c(I)cccc1NC(=O)OC(C)(C)C. The third-order valence-electron chi connectivity index (χ3n) is 2.27. The Bertz CT molecular complexity index is 523. The van der Waals surface area contributed by atoms with Gasteiger partial charge in [0, 0.05) is 6.42 Å². The average Bonchev–Trinajstić information content (AvgIpc) is 2.31. The summed E-state index contributed by atoms with van der Waals surface area (Å²) in [5, 5.41) is 2.61. The summed E-state index contributed by atoms with van der Waals surface area (Å²) in [7, 11) is 0. The quantitative estimate of drug-likeness (QED) is 0.460. The summed E-state index contributed by atoms with van der Waals surface area (Å²) < 4.78 is 11.3. The zero-order chi connectivity index (χ0) is 16.0. The molecule has 1 amide bonds. The van der Waals surface area contributed by atoms with Crippen LogP contribution in [-0.2, 0) is 9.53 Å². The van der Waals surface area contributed by atoms with Crippen molar-refractivity contribution in [2.75, 3.05) is 5.32 Å². The van der Waals surface area contributed by atoms with Crippen LogP contribution in [0, 0.1) is 3.57 Å². The Morgan fingerprint density at radius 1 is 1.29 bits per heavy atom. The molecule has 0 radical (unpaired) electrons. The molecular weight excluding hydrogens is 385 g/mol. The molecule has 0 fully saturated rings. The van der Waals surface area contributed by atoms with Crippen molar-refractivity contribution >= 4 is 40.3 Å². The number of nitrogens with one attached hydrogen (secondary N) is 1. The fourth-order valence-corrected chi connectivity index (χ4v) is 2.10. The largest absolute Gasteiger partial charge is 0.444 e. The third kappa shape index (κ3) is 6.33. The lowest BCUT2D eigenvalue weighted by atomic mass is 10.2. The highest BCUT2D eigenvalue weighted by Gasteiger charge is 2.19. The van der Waals surface area contributed by atoms with Crippen molar-refractivity contribution in [2.24, 2.45) is 0 Å². The Morgan fingerprint density at radius 3 is 2.52 bits per heavy atom. The normalized spacial score (nSPS) is 10.9. The minimum absolute atomic E-state index is 0.325. The van der Waals surface area contributed by atoms with Gasteiger partial charge in [0.15, 0.2) is 5.75 Å². The summed E-state index contributed by atoms with van der Waals surface area (Å²) in [6, 6.07) is 5.24. The molecule has 0 spiro atoms. The van der Waals surface area contributed by atoms with Gasteiger partial charge in [0.05, 0.1) is 9.26 Å². The van der Waals surface area contributed by atoms with Crippen LogP contribution >= 0.6 is 22.6 Å². The van der Waals surface area contributed by atoms with E-state index < -0.39 is 11.7 Å². The van der Waals surface area contributed by atoms with E-state index in [9.17, 15) is 9.59 Å². The van der Waals surface area contributed by atoms with Crippen LogP contribution in [0.15, 0.2) is 18.2 Å². The number of para-hydroxylation sites is 1. The van der Waals surface area contributed by atoms with E-state index in [4.69, 9.17) is 9.47 Å². The van der Waals surface area contributed by atoms with E-state index in [2.05, 4.69) is 27.9 Å². The van der Waals surface area contributed by atoms with Gasteiger partial charge in [0.2, 0.25) is 0 Å². The second-order valence-electron chi connectivity index (χ2n) is 5.47. The first kappa shape index (κ1) is 17.7. The molecule has 0 saturated heterocycles. The van der Waals surface area contributed by atoms with Gasteiger partial charge >= 0.3 is 12.1 Å². The molecule has 0 saturated carbocycles. The molecule has 0 aliphatic heterocycles. The first-order chi connectivity index (χ1) is 9.73. The van der Waals surface area contributed by atoms with Crippen LogP contribution in [0.1, 0.15) is 40.5 Å². The highest BCUT2D eigenvalue weighted by atomic mass is 127. The van der Waals surface area contributed by atoms with Crippen molar-refractivity contribution < 1.29 is 19.1 Å². The molecule has 1 N–H and O–H groups in total. The number of hydrogen-bond donors (Lipinski definition) is 1. The van der Waals surface area contributed by atoms with Gasteiger partial charge in [0.1, 0.15) is 5.60 Å². The topological polar surface area (TPSA) is 64.6 Å². The minimum Gasteiger partial charge on any atom is -0.444 e. The second-order valence-corrected chi connectivity index (χ2v) is 6.63. The Morgan fingerprint density at radius 2 is 1.95 bits per heavy atom. The molecule has 0 unspecified atom stereocenters. The predicted octanol–water partition coefficient (Wildman–Crippen LogP) is 4.34. The smallest absolute Gasteiger partial charge is 0.412 e. The summed E-state index contributed by atoms with van der Waals surface area (Å²) >= 11 is 2.05. The number of carbonyl (C=O) groups is 2. The molecule has 116 valence electrons. The second kappa shape index (κ2) is 7.63. The lowest BCUT2D eigenvalue weighted by Gasteiger charge is -2.20. The molecule has 0 aliphatic rings. The van der Waals surface area contributed by atoms with E-state index in [0.717, 1.165) is 3.57 Å². The van der Waals surface area contributed by atoms with Gasteiger partial charge in [0.25, 0.3) is 0 Å². The Balaban J connectivity index is 2.89. The maximum atomic E-state index is 11.8. The molecular formula is C15H20INO4. The predicted molar refractivity (Wildman–Crippen MR) is 89.6 cm³/mol. The van der Waals surface area contributed by atoms with Gasteiger partial charge in [-0.15, -0.1) is 0 Å². The summed E-state index contributed by atoms with van der Waals surface area (Å²) in [6.07, 6.45) is 0.450. The Hall–Kier alpha value is -1.31. The molecule has 0 aliphatic carbocycles. The highest BCUT2D eigenvalue weighted by Crippen LogP contribution is 2.31. The number of benzene rings is 1. The Kier molecular flexibility index (Phi) is 6.44. The van der Waals surface area contributed by atoms with Crippen LogP contribution in [0.5, 0.6) is 5.75 Å². The van der Waals surface area contributed by atoms with Crippen LogP contribution in [-0.4, -0.2) is 17.7 Å². The average molecular weight is 405 g/mol. The first-order valence-corrected chi connectivity index (χ1v) is 7.80. The van der Waals surface area contributed by atoms with E-state index in [-0.39, 0.29) is 5.97 Å². The van der Waals surface area contributed by atoms with E-state index in [1.807, 2.05) is 6.92 Å².